The van der Waals surface area contributed by atoms with E-state index in [4.69, 9.17) is 20.3 Å². The minimum Gasteiger partial charge on any atom is -0.492 e. The Morgan fingerprint density at radius 2 is 2.15 bits per heavy atom. The number of thioether (sulfide) groups is 1. The van der Waals surface area contributed by atoms with Crippen molar-refractivity contribution in [1.29, 1.82) is 0 Å². The Kier molecular flexibility index (Phi) is 5.14. The summed E-state index contributed by atoms with van der Waals surface area (Å²) in [5.74, 6) is 2.07. The van der Waals surface area contributed by atoms with E-state index in [2.05, 4.69) is 0 Å². The van der Waals surface area contributed by atoms with Crippen LogP contribution in [0.4, 0.5) is 0 Å². The van der Waals surface area contributed by atoms with Gasteiger partial charge in [0.15, 0.2) is 11.5 Å². The van der Waals surface area contributed by atoms with Gasteiger partial charge in [-0.1, -0.05) is 12.1 Å². The lowest BCUT2D eigenvalue weighted by molar-refractivity contribution is -0.138. The number of hydrogen-bond donors (Lipinski definition) is 2. The van der Waals surface area contributed by atoms with Gasteiger partial charge in [0, 0.05) is 5.56 Å². The molecule has 3 N–H and O–H groups in total. The molecule has 0 aliphatic carbocycles. The van der Waals surface area contributed by atoms with Gasteiger partial charge >= 0.3 is 5.97 Å². The third-order valence-corrected chi connectivity index (χ3v) is 4.33. The zero-order valence-corrected chi connectivity index (χ0v) is 12.2. The molecule has 1 saturated heterocycles. The van der Waals surface area contributed by atoms with Crippen LogP contribution in [0.2, 0.25) is 0 Å². The maximum Gasteiger partial charge on any atom is 0.325 e. The number of hydrogen-bond acceptors (Lipinski definition) is 5. The number of rotatable bonds is 5. The van der Waals surface area contributed by atoms with Gasteiger partial charge in [0.2, 0.25) is 0 Å². The zero-order valence-electron chi connectivity index (χ0n) is 11.4. The molecule has 1 aliphatic rings. The van der Waals surface area contributed by atoms with Crippen LogP contribution in [0.3, 0.4) is 0 Å². The lowest BCUT2D eigenvalue weighted by Gasteiger charge is -2.24. The smallest absolute Gasteiger partial charge is 0.325 e. The molecule has 1 fully saturated rings. The number of para-hydroxylation sites is 1. The Morgan fingerprint density at radius 3 is 2.75 bits per heavy atom. The molecule has 1 aliphatic heterocycles. The van der Waals surface area contributed by atoms with Crippen molar-refractivity contribution in [2.24, 2.45) is 5.73 Å². The maximum absolute atomic E-state index is 11.0. The van der Waals surface area contributed by atoms with Crippen molar-refractivity contribution in [3.63, 3.8) is 0 Å². The first-order valence-electron chi connectivity index (χ1n) is 6.53. The van der Waals surface area contributed by atoms with Crippen molar-refractivity contribution < 1.29 is 19.4 Å². The fraction of sp³-hybridized carbons (Fsp3) is 0.500. The SMILES string of the molecule is COc1c(OC2CCSCC2)cccc1C(N)C(=O)O. The molecule has 110 valence electrons. The average molecular weight is 297 g/mol. The summed E-state index contributed by atoms with van der Waals surface area (Å²) < 4.78 is 11.3. The first kappa shape index (κ1) is 15.0. The third-order valence-electron chi connectivity index (χ3n) is 3.28. The molecule has 6 heteroatoms. The topological polar surface area (TPSA) is 81.8 Å². The predicted molar refractivity (Wildman–Crippen MR) is 78.5 cm³/mol. The number of aliphatic carboxylic acids is 1. The van der Waals surface area contributed by atoms with Crippen LogP contribution in [0.25, 0.3) is 0 Å². The van der Waals surface area contributed by atoms with E-state index in [1.54, 1.807) is 18.2 Å². The number of carbonyl (C=O) groups is 1. The van der Waals surface area contributed by atoms with Crippen molar-refractivity contribution >= 4 is 17.7 Å². The minimum atomic E-state index is -1.12. The monoisotopic (exact) mass is 297 g/mol. The second-order valence-corrected chi connectivity index (χ2v) is 5.85. The van der Waals surface area contributed by atoms with Gasteiger partial charge < -0.3 is 20.3 Å². The highest BCUT2D eigenvalue weighted by molar-refractivity contribution is 7.99. The summed E-state index contributed by atoms with van der Waals surface area (Å²) in [6.45, 7) is 0. The standard InChI is InChI=1S/C14H19NO4S/c1-18-13-10(12(15)14(16)17)3-2-4-11(13)19-9-5-7-20-8-6-9/h2-4,9,12H,5-8,15H2,1H3,(H,16,17). The molecule has 0 saturated carbocycles. The second-order valence-electron chi connectivity index (χ2n) is 4.62. The number of carboxylic acid groups (broad SMARTS) is 1. The summed E-state index contributed by atoms with van der Waals surface area (Å²) in [7, 11) is 1.50. The molecule has 0 bridgehead atoms. The van der Waals surface area contributed by atoms with E-state index in [1.165, 1.54) is 7.11 Å². The highest BCUT2D eigenvalue weighted by Crippen LogP contribution is 2.36. The highest BCUT2D eigenvalue weighted by atomic mass is 32.2. The van der Waals surface area contributed by atoms with E-state index in [1.807, 2.05) is 11.8 Å². The fourth-order valence-corrected chi connectivity index (χ4v) is 3.26. The summed E-state index contributed by atoms with van der Waals surface area (Å²) in [5.41, 5.74) is 6.11. The van der Waals surface area contributed by atoms with Crippen LogP contribution < -0.4 is 15.2 Å². The second kappa shape index (κ2) is 6.85. The van der Waals surface area contributed by atoms with Gasteiger partial charge in [-0.2, -0.15) is 11.8 Å². The number of carboxylic acids is 1. The van der Waals surface area contributed by atoms with E-state index in [0.717, 1.165) is 24.3 Å². The van der Waals surface area contributed by atoms with E-state index < -0.39 is 12.0 Å². The molecule has 1 atom stereocenters. The van der Waals surface area contributed by atoms with E-state index in [-0.39, 0.29) is 6.10 Å². The van der Waals surface area contributed by atoms with Crippen LogP contribution in [-0.2, 0) is 4.79 Å². The first-order valence-corrected chi connectivity index (χ1v) is 7.68. The summed E-state index contributed by atoms with van der Waals surface area (Å²) in [6.07, 6.45) is 2.13. The van der Waals surface area contributed by atoms with Crippen molar-refractivity contribution in [2.75, 3.05) is 18.6 Å². The molecule has 2 rings (SSSR count). The molecule has 0 spiro atoms. The minimum absolute atomic E-state index is 0.154. The van der Waals surface area contributed by atoms with Gasteiger partial charge in [-0.3, -0.25) is 4.79 Å². The molecule has 1 unspecified atom stereocenters. The molecule has 5 nitrogen and oxygen atoms in total. The van der Waals surface area contributed by atoms with Crippen molar-refractivity contribution in [3.8, 4) is 11.5 Å². The Morgan fingerprint density at radius 1 is 1.45 bits per heavy atom. The number of benzene rings is 1. The summed E-state index contributed by atoms with van der Waals surface area (Å²) in [6, 6.07) is 4.07. The van der Waals surface area contributed by atoms with E-state index in [9.17, 15) is 4.79 Å². The number of ether oxygens (including phenoxy) is 2. The normalized spacial score (nSPS) is 17.5. The Hall–Kier alpha value is -1.40. The van der Waals surface area contributed by atoms with E-state index in [0.29, 0.717) is 17.1 Å². The van der Waals surface area contributed by atoms with Crippen LogP contribution in [0.15, 0.2) is 18.2 Å². The molecule has 20 heavy (non-hydrogen) atoms. The average Bonchev–Trinajstić information content (AvgIpc) is 2.47. The highest BCUT2D eigenvalue weighted by Gasteiger charge is 2.23. The quantitative estimate of drug-likeness (QED) is 0.865. The van der Waals surface area contributed by atoms with Gasteiger partial charge in [-0.15, -0.1) is 0 Å². The van der Waals surface area contributed by atoms with Crippen LogP contribution >= 0.6 is 11.8 Å². The van der Waals surface area contributed by atoms with Crippen LogP contribution in [-0.4, -0.2) is 35.8 Å². The molecule has 1 aromatic rings. The first-order chi connectivity index (χ1) is 9.63. The molecule has 0 amide bonds. The maximum atomic E-state index is 11.0. The predicted octanol–water partition coefficient (Wildman–Crippen LogP) is 2.05. The van der Waals surface area contributed by atoms with Crippen LogP contribution in [0.1, 0.15) is 24.4 Å². The molecule has 0 radical (unpaired) electrons. The van der Waals surface area contributed by atoms with Gasteiger partial charge in [0.25, 0.3) is 0 Å². The number of nitrogens with two attached hydrogens (primary N) is 1. The Labute approximate surface area is 122 Å². The van der Waals surface area contributed by atoms with Gasteiger partial charge in [0.05, 0.1) is 7.11 Å². The molecular formula is C14H19NO4S. The molecular weight excluding hydrogens is 278 g/mol. The fourth-order valence-electron chi connectivity index (χ4n) is 2.20. The largest absolute Gasteiger partial charge is 0.492 e. The Bertz CT molecular complexity index is 474. The van der Waals surface area contributed by atoms with Crippen molar-refractivity contribution in [3.05, 3.63) is 23.8 Å². The van der Waals surface area contributed by atoms with Crippen molar-refractivity contribution in [1.82, 2.24) is 0 Å². The van der Waals surface area contributed by atoms with E-state index >= 15 is 0 Å². The lowest BCUT2D eigenvalue weighted by Crippen LogP contribution is -2.24. The lowest BCUT2D eigenvalue weighted by atomic mass is 10.1. The van der Waals surface area contributed by atoms with Crippen LogP contribution in [0, 0.1) is 0 Å². The van der Waals surface area contributed by atoms with Gasteiger partial charge in [-0.25, -0.2) is 0 Å². The van der Waals surface area contributed by atoms with Crippen LogP contribution in [0.5, 0.6) is 11.5 Å². The molecule has 0 aromatic heterocycles. The summed E-state index contributed by atoms with van der Waals surface area (Å²) in [4.78, 5) is 11.0. The summed E-state index contributed by atoms with van der Waals surface area (Å²) >= 11 is 1.92. The zero-order chi connectivity index (χ0) is 14.5. The van der Waals surface area contributed by atoms with Gasteiger partial charge in [-0.05, 0) is 30.4 Å². The molecule has 1 aromatic carbocycles. The number of methoxy groups -OCH3 is 1. The van der Waals surface area contributed by atoms with Gasteiger partial charge in [0.1, 0.15) is 12.1 Å². The molecule has 1 heterocycles. The Balaban J connectivity index is 2.23. The third kappa shape index (κ3) is 3.37. The van der Waals surface area contributed by atoms with Crippen molar-refractivity contribution in [2.45, 2.75) is 25.0 Å². The summed E-state index contributed by atoms with van der Waals surface area (Å²) in [5, 5.41) is 9.04.